The number of aliphatic imine (C=N–C) groups is 1. The highest BCUT2D eigenvalue weighted by molar-refractivity contribution is 9.10. The van der Waals surface area contributed by atoms with Crippen LogP contribution < -0.4 is 16.8 Å². The third-order valence-electron chi connectivity index (χ3n) is 1.71. The average Bonchev–Trinajstić information content (AvgIpc) is 2.09. The van der Waals surface area contributed by atoms with E-state index in [2.05, 4.69) is 26.2 Å². The molecule has 16 heavy (non-hydrogen) atoms. The quantitative estimate of drug-likeness (QED) is 0.420. The maximum Gasteiger partial charge on any atom is 0.200 e. The first-order chi connectivity index (χ1) is 7.40. The minimum Gasteiger partial charge on any atom is -0.370 e. The molecule has 0 fully saturated rings. The number of guanidine groups is 1. The minimum atomic E-state index is -0.331. The van der Waals surface area contributed by atoms with Gasteiger partial charge in [-0.15, -0.1) is 0 Å². The lowest BCUT2D eigenvalue weighted by Gasteiger charge is -2.10. The van der Waals surface area contributed by atoms with Crippen molar-refractivity contribution in [2.75, 3.05) is 5.32 Å². The second kappa shape index (κ2) is 5.22. The Hall–Kier alpha value is -1.21. The van der Waals surface area contributed by atoms with Crippen molar-refractivity contribution >= 4 is 44.9 Å². The summed E-state index contributed by atoms with van der Waals surface area (Å²) in [4.78, 5) is 3.66. The molecule has 0 aliphatic heterocycles. The molecule has 0 aliphatic carbocycles. The summed E-state index contributed by atoms with van der Waals surface area (Å²) in [7, 11) is 0. The van der Waals surface area contributed by atoms with Crippen LogP contribution in [0.5, 0.6) is 0 Å². The van der Waals surface area contributed by atoms with E-state index in [0.717, 1.165) is 0 Å². The van der Waals surface area contributed by atoms with Crippen LogP contribution in [0.4, 0.5) is 10.1 Å². The summed E-state index contributed by atoms with van der Waals surface area (Å²) < 4.78 is 13.6. The molecule has 5 N–H and O–H groups in total. The van der Waals surface area contributed by atoms with Crippen molar-refractivity contribution in [1.82, 2.24) is 0 Å². The zero-order chi connectivity index (χ0) is 12.3. The van der Waals surface area contributed by atoms with Gasteiger partial charge in [0.25, 0.3) is 0 Å². The van der Waals surface area contributed by atoms with E-state index in [1.165, 1.54) is 12.1 Å². The number of hydrogen-bond donors (Lipinski definition) is 3. The molecule has 0 bridgehead atoms. The molecule has 0 saturated carbocycles. The molecule has 0 amide bonds. The largest absolute Gasteiger partial charge is 0.370 e. The summed E-state index contributed by atoms with van der Waals surface area (Å²) in [5.41, 5.74) is 11.7. The van der Waals surface area contributed by atoms with Gasteiger partial charge < -0.3 is 16.8 Å². The molecule has 0 unspecified atom stereocenters. The van der Waals surface area contributed by atoms with E-state index >= 15 is 0 Å². The van der Waals surface area contributed by atoms with Crippen molar-refractivity contribution in [2.24, 2.45) is 16.5 Å². The number of aryl methyl sites for hydroxylation is 1. The Morgan fingerprint density at radius 1 is 1.50 bits per heavy atom. The number of rotatable bonds is 1. The van der Waals surface area contributed by atoms with E-state index in [1.807, 2.05) is 0 Å². The van der Waals surface area contributed by atoms with Crippen LogP contribution in [0, 0.1) is 12.7 Å². The summed E-state index contributed by atoms with van der Waals surface area (Å²) >= 11 is 8.11. The zero-order valence-corrected chi connectivity index (χ0v) is 10.8. The van der Waals surface area contributed by atoms with Crippen LogP contribution in [0.3, 0.4) is 0 Å². The Labute approximate surface area is 106 Å². The Kier molecular flexibility index (Phi) is 4.19. The van der Waals surface area contributed by atoms with Gasteiger partial charge in [-0.25, -0.2) is 4.39 Å². The van der Waals surface area contributed by atoms with Gasteiger partial charge in [-0.2, -0.15) is 4.99 Å². The van der Waals surface area contributed by atoms with E-state index in [9.17, 15) is 4.39 Å². The Bertz CT molecular complexity index is 434. The molecule has 0 heterocycles. The third-order valence-corrected chi connectivity index (χ3v) is 2.53. The molecular weight excluding hydrogens is 295 g/mol. The van der Waals surface area contributed by atoms with Crippen molar-refractivity contribution in [3.63, 3.8) is 0 Å². The number of anilines is 1. The summed E-state index contributed by atoms with van der Waals surface area (Å²) in [6.07, 6.45) is 0. The van der Waals surface area contributed by atoms with Gasteiger partial charge in [-0.05, 0) is 52.8 Å². The minimum absolute atomic E-state index is 0.121. The molecule has 0 aliphatic rings. The smallest absolute Gasteiger partial charge is 0.200 e. The van der Waals surface area contributed by atoms with Gasteiger partial charge in [0, 0.05) is 4.47 Å². The predicted octanol–water partition coefficient (Wildman–Crippen LogP) is 1.87. The van der Waals surface area contributed by atoms with Crippen molar-refractivity contribution in [3.8, 4) is 0 Å². The second-order valence-corrected chi connectivity index (χ2v) is 4.29. The maximum absolute atomic E-state index is 13.0. The first-order valence-corrected chi connectivity index (χ1v) is 5.46. The van der Waals surface area contributed by atoms with Crippen molar-refractivity contribution in [2.45, 2.75) is 6.92 Å². The van der Waals surface area contributed by atoms with E-state index < -0.39 is 0 Å². The molecular formula is C9H10BrFN4S. The topological polar surface area (TPSA) is 76.4 Å². The van der Waals surface area contributed by atoms with E-state index in [4.69, 9.17) is 23.7 Å². The number of halogens is 2. The van der Waals surface area contributed by atoms with Crippen molar-refractivity contribution in [3.05, 3.63) is 28.0 Å². The second-order valence-electron chi connectivity index (χ2n) is 3.05. The van der Waals surface area contributed by atoms with Gasteiger partial charge in [0.15, 0.2) is 5.96 Å². The summed E-state index contributed by atoms with van der Waals surface area (Å²) in [5, 5.41) is 2.93. The molecule has 1 aromatic carbocycles. The SMILES string of the molecule is Cc1cc(F)cc(Br)c1NC(=S)N=C(N)N. The van der Waals surface area contributed by atoms with E-state index in [0.29, 0.717) is 15.7 Å². The standard InChI is InChI=1S/C9H10BrFN4S/c1-4-2-5(11)3-6(10)7(4)14-9(16)15-8(12)13/h2-3H,1H3,(H5,12,13,14,15,16). The molecule has 86 valence electrons. The van der Waals surface area contributed by atoms with E-state index in [1.54, 1.807) is 6.92 Å². The summed E-state index contributed by atoms with van der Waals surface area (Å²) in [6.45, 7) is 1.74. The fourth-order valence-electron chi connectivity index (χ4n) is 1.11. The highest BCUT2D eigenvalue weighted by Crippen LogP contribution is 2.27. The lowest BCUT2D eigenvalue weighted by Crippen LogP contribution is -2.25. The molecule has 1 rings (SSSR count). The summed E-state index contributed by atoms with van der Waals surface area (Å²) in [6, 6.07) is 2.71. The molecule has 7 heteroatoms. The molecule has 0 atom stereocenters. The number of nitrogens with one attached hydrogen (secondary N) is 1. The number of benzene rings is 1. The van der Waals surface area contributed by atoms with Gasteiger partial charge in [0.1, 0.15) is 5.82 Å². The maximum atomic E-state index is 13.0. The molecule has 4 nitrogen and oxygen atoms in total. The van der Waals surface area contributed by atoms with Gasteiger partial charge >= 0.3 is 0 Å². The van der Waals surface area contributed by atoms with Crippen LogP contribution in [0.2, 0.25) is 0 Å². The lowest BCUT2D eigenvalue weighted by molar-refractivity contribution is 0.626. The number of nitrogens with zero attached hydrogens (tertiary/aromatic N) is 1. The number of thiocarbonyl (C=S) groups is 1. The van der Waals surface area contributed by atoms with Crippen LogP contribution in [0.1, 0.15) is 5.56 Å². The fourth-order valence-corrected chi connectivity index (χ4v) is 1.95. The molecule has 0 aromatic heterocycles. The van der Waals surface area contributed by atoms with Crippen molar-refractivity contribution in [1.29, 1.82) is 0 Å². The lowest BCUT2D eigenvalue weighted by atomic mass is 10.2. The van der Waals surface area contributed by atoms with Gasteiger partial charge in [0.05, 0.1) is 5.69 Å². The van der Waals surface area contributed by atoms with Crippen LogP contribution in [0.15, 0.2) is 21.6 Å². The summed E-state index contributed by atoms with van der Waals surface area (Å²) in [5.74, 6) is -0.462. The Morgan fingerprint density at radius 3 is 2.62 bits per heavy atom. The van der Waals surface area contributed by atoms with Crippen LogP contribution >= 0.6 is 28.1 Å². The predicted molar refractivity (Wildman–Crippen MR) is 70.9 cm³/mol. The highest BCUT2D eigenvalue weighted by Gasteiger charge is 2.07. The normalized spacial score (nSPS) is 9.69. The number of hydrogen-bond acceptors (Lipinski definition) is 1. The molecule has 0 saturated heterocycles. The fraction of sp³-hybridized carbons (Fsp3) is 0.111. The first kappa shape index (κ1) is 12.9. The van der Waals surface area contributed by atoms with Gasteiger partial charge in [0.2, 0.25) is 5.11 Å². The van der Waals surface area contributed by atoms with Crippen LogP contribution in [-0.4, -0.2) is 11.1 Å². The zero-order valence-electron chi connectivity index (χ0n) is 8.42. The average molecular weight is 305 g/mol. The van der Waals surface area contributed by atoms with E-state index in [-0.39, 0.29) is 16.9 Å². The number of nitrogens with two attached hydrogens (primary N) is 2. The molecule has 0 radical (unpaired) electrons. The molecule has 0 spiro atoms. The Morgan fingerprint density at radius 2 is 2.12 bits per heavy atom. The monoisotopic (exact) mass is 304 g/mol. The Balaban J connectivity index is 2.98. The highest BCUT2D eigenvalue weighted by atomic mass is 79.9. The van der Waals surface area contributed by atoms with Gasteiger partial charge in [-0.3, -0.25) is 0 Å². The first-order valence-electron chi connectivity index (χ1n) is 4.26. The molecule has 1 aromatic rings. The van der Waals surface area contributed by atoms with Crippen LogP contribution in [0.25, 0.3) is 0 Å². The van der Waals surface area contributed by atoms with Crippen molar-refractivity contribution < 1.29 is 4.39 Å². The third kappa shape index (κ3) is 3.42. The van der Waals surface area contributed by atoms with Gasteiger partial charge in [-0.1, -0.05) is 0 Å². The van der Waals surface area contributed by atoms with Crippen LogP contribution in [-0.2, 0) is 0 Å².